The lowest BCUT2D eigenvalue weighted by Gasteiger charge is -2.22. The first-order valence-corrected chi connectivity index (χ1v) is 16.6. The van der Waals surface area contributed by atoms with Crippen LogP contribution >= 0.6 is 0 Å². The highest BCUT2D eigenvalue weighted by Crippen LogP contribution is 2.48. The van der Waals surface area contributed by atoms with Gasteiger partial charge in [0.2, 0.25) is 0 Å². The number of aromatic nitrogens is 2. The number of benzene rings is 6. The molecule has 0 saturated heterocycles. The van der Waals surface area contributed by atoms with Gasteiger partial charge in [0.25, 0.3) is 0 Å². The summed E-state index contributed by atoms with van der Waals surface area (Å²) in [5, 5.41) is 5.02. The van der Waals surface area contributed by atoms with E-state index >= 15 is 0 Å². The monoisotopic (exact) mass is 614 g/mol. The minimum absolute atomic E-state index is 0.248. The molecule has 2 heteroatoms. The molecule has 0 N–H and O–H groups in total. The van der Waals surface area contributed by atoms with Crippen molar-refractivity contribution in [1.82, 2.24) is 9.13 Å². The third-order valence-corrected chi connectivity index (χ3v) is 10.3. The maximum Gasteiger partial charge on any atom is 0.0541 e. The first kappa shape index (κ1) is 28.2. The van der Waals surface area contributed by atoms with E-state index in [9.17, 15) is 0 Å². The zero-order valence-corrected chi connectivity index (χ0v) is 27.3. The second-order valence-corrected chi connectivity index (χ2v) is 13.3. The molecule has 2 aromatic heterocycles. The molecular formula is C46H34N2. The molecule has 2 heterocycles. The minimum Gasteiger partial charge on any atom is -0.309 e. The van der Waals surface area contributed by atoms with Crippen LogP contribution in [-0.4, -0.2) is 9.13 Å². The molecule has 2 nitrogen and oxygen atoms in total. The maximum atomic E-state index is 6.09. The Hall–Kier alpha value is -6.04. The van der Waals surface area contributed by atoms with E-state index in [-0.39, 0.29) is 5.41 Å². The molecule has 0 fully saturated rings. The Kier molecular flexibility index (Phi) is 6.16. The zero-order valence-electron chi connectivity index (χ0n) is 27.3. The average molecular weight is 615 g/mol. The molecule has 8 aromatic rings. The van der Waals surface area contributed by atoms with Gasteiger partial charge in [0.05, 0.1) is 22.1 Å². The number of para-hydroxylation sites is 3. The minimum atomic E-state index is -0.248. The van der Waals surface area contributed by atoms with Gasteiger partial charge >= 0.3 is 0 Å². The Morgan fingerprint density at radius 3 is 1.75 bits per heavy atom. The van der Waals surface area contributed by atoms with E-state index in [1.807, 2.05) is 6.92 Å². The van der Waals surface area contributed by atoms with E-state index in [4.69, 9.17) is 6.42 Å². The first-order chi connectivity index (χ1) is 23.5. The second-order valence-electron chi connectivity index (χ2n) is 13.3. The van der Waals surface area contributed by atoms with Crippen molar-refractivity contribution in [3.8, 4) is 34.8 Å². The number of terminal acetylenes is 1. The lowest BCUT2D eigenvalue weighted by atomic mass is 9.81. The molecule has 0 radical (unpaired) electrons. The molecular weight excluding hydrogens is 581 g/mol. The summed E-state index contributed by atoms with van der Waals surface area (Å²) in [5.41, 5.74) is 13.9. The van der Waals surface area contributed by atoms with E-state index in [1.54, 1.807) is 0 Å². The van der Waals surface area contributed by atoms with E-state index in [0.29, 0.717) is 0 Å². The Morgan fingerprint density at radius 2 is 1.12 bits per heavy atom. The van der Waals surface area contributed by atoms with Gasteiger partial charge in [-0.05, 0) is 89.3 Å². The summed E-state index contributed by atoms with van der Waals surface area (Å²) in [4.78, 5) is 0. The van der Waals surface area contributed by atoms with Crippen molar-refractivity contribution in [3.63, 3.8) is 0 Å². The van der Waals surface area contributed by atoms with Crippen LogP contribution in [0.4, 0.5) is 0 Å². The summed E-state index contributed by atoms with van der Waals surface area (Å²) in [6, 6.07) is 48.8. The highest BCUT2D eigenvalue weighted by atomic mass is 15.0. The molecule has 0 amide bonds. The fraction of sp³-hybridized carbons (Fsp3) is 0.0870. The van der Waals surface area contributed by atoms with Crippen molar-refractivity contribution < 1.29 is 0 Å². The molecule has 48 heavy (non-hydrogen) atoms. The SMILES string of the molecule is C#CC1=C(/C=C\C)c2ccc(-n3c4ccccc4c4cc(-c5cccc(-n6c7ccccc7c7ccccc76)c5)ccc43)cc2C1(C)C. The van der Waals surface area contributed by atoms with Gasteiger partial charge in [0.1, 0.15) is 0 Å². The molecule has 1 aliphatic carbocycles. The Morgan fingerprint density at radius 1 is 0.562 bits per heavy atom. The van der Waals surface area contributed by atoms with Crippen LogP contribution in [0.3, 0.4) is 0 Å². The standard InChI is InChI=1S/C46H34N2/c1-5-14-34-35-25-24-33(29-41(35)46(3,4)40(34)6-2)48-44-22-12-9-19-38(44)39-28-31(23-26-45(39)48)30-15-13-16-32(27-30)47-42-20-10-7-17-36(42)37-18-8-11-21-43(37)47/h2,5,7-29H,1,3-4H3/b14-5-. The predicted molar refractivity (Wildman–Crippen MR) is 204 cm³/mol. The van der Waals surface area contributed by atoms with Gasteiger partial charge in [-0.2, -0.15) is 0 Å². The lowest BCUT2D eigenvalue weighted by molar-refractivity contribution is 0.658. The maximum absolute atomic E-state index is 6.09. The largest absolute Gasteiger partial charge is 0.309 e. The molecule has 0 bridgehead atoms. The highest BCUT2D eigenvalue weighted by molar-refractivity contribution is 6.11. The summed E-state index contributed by atoms with van der Waals surface area (Å²) in [5.74, 6) is 3.02. The van der Waals surface area contributed by atoms with Gasteiger partial charge in [-0.15, -0.1) is 6.42 Å². The molecule has 1 aliphatic rings. The van der Waals surface area contributed by atoms with Crippen LogP contribution in [0.15, 0.2) is 151 Å². The van der Waals surface area contributed by atoms with E-state index in [0.717, 1.165) is 22.5 Å². The van der Waals surface area contributed by atoms with Gasteiger partial charge < -0.3 is 9.13 Å². The van der Waals surface area contributed by atoms with Gasteiger partial charge in [-0.1, -0.05) is 111 Å². The van der Waals surface area contributed by atoms with Crippen LogP contribution < -0.4 is 0 Å². The number of fused-ring (bicyclic) bond motifs is 7. The normalized spacial score (nSPS) is 14.1. The molecule has 228 valence electrons. The Balaban J connectivity index is 1.20. The fourth-order valence-electron chi connectivity index (χ4n) is 8.08. The third-order valence-electron chi connectivity index (χ3n) is 10.3. The number of rotatable bonds is 4. The number of nitrogens with zero attached hydrogens (tertiary/aromatic N) is 2. The van der Waals surface area contributed by atoms with Gasteiger partial charge in [0.15, 0.2) is 0 Å². The number of allylic oxidation sites excluding steroid dienone is 4. The van der Waals surface area contributed by atoms with Crippen molar-refractivity contribution in [2.24, 2.45) is 0 Å². The van der Waals surface area contributed by atoms with Crippen molar-refractivity contribution in [2.75, 3.05) is 0 Å². The summed E-state index contributed by atoms with van der Waals surface area (Å²) in [6.45, 7) is 6.54. The van der Waals surface area contributed by atoms with E-state index in [2.05, 4.69) is 175 Å². The van der Waals surface area contributed by atoms with Crippen molar-refractivity contribution in [2.45, 2.75) is 26.2 Å². The summed E-state index contributed by atoms with van der Waals surface area (Å²) >= 11 is 0. The average Bonchev–Trinajstić information content (AvgIpc) is 3.71. The topological polar surface area (TPSA) is 9.86 Å². The quantitative estimate of drug-likeness (QED) is 0.175. The van der Waals surface area contributed by atoms with Gasteiger partial charge in [-0.25, -0.2) is 0 Å². The van der Waals surface area contributed by atoms with E-state index in [1.165, 1.54) is 65.9 Å². The van der Waals surface area contributed by atoms with Crippen LogP contribution in [0.25, 0.3) is 71.7 Å². The van der Waals surface area contributed by atoms with Crippen LogP contribution in [0.5, 0.6) is 0 Å². The van der Waals surface area contributed by atoms with Crippen LogP contribution in [0.1, 0.15) is 31.9 Å². The molecule has 9 rings (SSSR count). The smallest absolute Gasteiger partial charge is 0.0541 e. The molecule has 0 saturated carbocycles. The van der Waals surface area contributed by atoms with Gasteiger partial charge in [-0.3, -0.25) is 0 Å². The summed E-state index contributed by atoms with van der Waals surface area (Å²) < 4.78 is 4.79. The van der Waals surface area contributed by atoms with Crippen LogP contribution in [0.2, 0.25) is 0 Å². The Bertz CT molecular complexity index is 2660. The first-order valence-electron chi connectivity index (χ1n) is 16.6. The highest BCUT2D eigenvalue weighted by Gasteiger charge is 2.36. The van der Waals surface area contributed by atoms with Crippen LogP contribution in [0, 0.1) is 12.3 Å². The van der Waals surface area contributed by atoms with E-state index < -0.39 is 0 Å². The molecule has 0 atom stereocenters. The summed E-state index contributed by atoms with van der Waals surface area (Å²) in [6.07, 6.45) is 10.3. The van der Waals surface area contributed by atoms with Crippen molar-refractivity contribution in [1.29, 1.82) is 0 Å². The number of hydrogen-bond donors (Lipinski definition) is 0. The van der Waals surface area contributed by atoms with Crippen molar-refractivity contribution >= 4 is 49.2 Å². The van der Waals surface area contributed by atoms with Gasteiger partial charge in [0, 0.05) is 43.9 Å². The number of hydrogen-bond acceptors (Lipinski definition) is 0. The second kappa shape index (κ2) is 10.5. The van der Waals surface area contributed by atoms with Crippen molar-refractivity contribution in [3.05, 3.63) is 162 Å². The molecule has 0 spiro atoms. The fourth-order valence-corrected chi connectivity index (χ4v) is 8.08. The van der Waals surface area contributed by atoms with Crippen LogP contribution in [-0.2, 0) is 5.41 Å². The Labute approximate surface area is 280 Å². The summed E-state index contributed by atoms with van der Waals surface area (Å²) in [7, 11) is 0. The predicted octanol–water partition coefficient (Wildman–Crippen LogP) is 11.8. The third kappa shape index (κ3) is 3.95. The zero-order chi connectivity index (χ0) is 32.6. The molecule has 0 aliphatic heterocycles. The lowest BCUT2D eigenvalue weighted by Crippen LogP contribution is -2.16. The molecule has 0 unspecified atom stereocenters. The molecule has 6 aromatic carbocycles.